The lowest BCUT2D eigenvalue weighted by molar-refractivity contribution is -0.121. The summed E-state index contributed by atoms with van der Waals surface area (Å²) in [7, 11) is 3.32. The fourth-order valence-corrected chi connectivity index (χ4v) is 3.68. The molecule has 0 bridgehead atoms. The Balaban J connectivity index is 0.00000182. The molecule has 2 aliphatic rings. The van der Waals surface area contributed by atoms with Crippen molar-refractivity contribution in [1.82, 2.24) is 10.6 Å². The minimum atomic E-state index is 0. The molecule has 8 heteroatoms. The predicted molar refractivity (Wildman–Crippen MR) is 113 cm³/mol. The highest BCUT2D eigenvalue weighted by atomic mass is 35.5. The van der Waals surface area contributed by atoms with Gasteiger partial charge in [-0.25, -0.2) is 0 Å². The van der Waals surface area contributed by atoms with E-state index in [1.807, 2.05) is 18.2 Å². The van der Waals surface area contributed by atoms with Crippen molar-refractivity contribution in [2.24, 2.45) is 5.92 Å². The molecule has 2 N–H and O–H groups in total. The molecule has 1 aromatic carbocycles. The van der Waals surface area contributed by atoms with Gasteiger partial charge in [0.15, 0.2) is 0 Å². The van der Waals surface area contributed by atoms with E-state index in [0.29, 0.717) is 12.3 Å². The largest absolute Gasteiger partial charge is 0.497 e. The average Bonchev–Trinajstić information content (AvgIpc) is 3.31. The van der Waals surface area contributed by atoms with Crippen molar-refractivity contribution in [3.8, 4) is 11.5 Å². The van der Waals surface area contributed by atoms with Crippen LogP contribution in [0.4, 0.5) is 5.69 Å². The molecule has 154 valence electrons. The van der Waals surface area contributed by atoms with Gasteiger partial charge in [0.05, 0.1) is 14.2 Å². The summed E-state index contributed by atoms with van der Waals surface area (Å²) in [5, 5.41) is 6.55. The summed E-state index contributed by atoms with van der Waals surface area (Å²) >= 11 is 0. The minimum Gasteiger partial charge on any atom is -0.497 e. The van der Waals surface area contributed by atoms with Gasteiger partial charge < -0.3 is 25.0 Å². The highest BCUT2D eigenvalue weighted by Gasteiger charge is 2.25. The number of hydrogen-bond acceptors (Lipinski definition) is 5. The van der Waals surface area contributed by atoms with Crippen LogP contribution in [0.1, 0.15) is 25.7 Å². The Morgan fingerprint density at radius 2 is 1.89 bits per heavy atom. The first kappa shape index (κ1) is 23.7. The van der Waals surface area contributed by atoms with E-state index in [-0.39, 0.29) is 36.8 Å². The van der Waals surface area contributed by atoms with Crippen LogP contribution in [0, 0.1) is 5.92 Å². The number of methoxy groups -OCH3 is 2. The molecule has 27 heavy (non-hydrogen) atoms. The Bertz CT molecular complexity index is 575. The van der Waals surface area contributed by atoms with Crippen LogP contribution in [0.25, 0.3) is 0 Å². The number of nitrogens with one attached hydrogen (secondary N) is 2. The second-order valence-electron chi connectivity index (χ2n) is 6.97. The number of hydrogen-bond donors (Lipinski definition) is 2. The maximum absolute atomic E-state index is 12.2. The summed E-state index contributed by atoms with van der Waals surface area (Å²) in [5.74, 6) is 2.41. The van der Waals surface area contributed by atoms with Gasteiger partial charge in [0.1, 0.15) is 11.5 Å². The Morgan fingerprint density at radius 1 is 1.19 bits per heavy atom. The Morgan fingerprint density at radius 3 is 2.48 bits per heavy atom. The van der Waals surface area contributed by atoms with Crippen LogP contribution in [0.3, 0.4) is 0 Å². The monoisotopic (exact) mass is 419 g/mol. The van der Waals surface area contributed by atoms with E-state index in [9.17, 15) is 4.79 Å². The first-order chi connectivity index (χ1) is 12.2. The van der Waals surface area contributed by atoms with Crippen LogP contribution >= 0.6 is 24.8 Å². The first-order valence-corrected chi connectivity index (χ1v) is 9.16. The van der Waals surface area contributed by atoms with Crippen LogP contribution in [-0.4, -0.2) is 52.3 Å². The van der Waals surface area contributed by atoms with Gasteiger partial charge in [0, 0.05) is 49.4 Å². The number of halogens is 2. The average molecular weight is 420 g/mol. The van der Waals surface area contributed by atoms with Gasteiger partial charge in [0.25, 0.3) is 0 Å². The SMILES string of the molecule is COc1cc(OC)cc(N2CCC(NC(=O)CCC3CCNC3)C2)c1.Cl.Cl. The fraction of sp³-hybridized carbons (Fsp3) is 0.632. The van der Waals surface area contributed by atoms with Gasteiger partial charge >= 0.3 is 0 Å². The van der Waals surface area contributed by atoms with E-state index in [4.69, 9.17) is 9.47 Å². The van der Waals surface area contributed by atoms with Crippen molar-refractivity contribution >= 4 is 36.4 Å². The summed E-state index contributed by atoms with van der Waals surface area (Å²) in [6, 6.07) is 6.11. The molecule has 0 spiro atoms. The summed E-state index contributed by atoms with van der Waals surface area (Å²) < 4.78 is 10.7. The standard InChI is InChI=1S/C19H29N3O3.2ClH/c1-24-17-9-16(10-18(11-17)25-2)22-8-6-15(13-22)21-19(23)4-3-14-5-7-20-12-14;;/h9-11,14-15,20H,3-8,12-13H2,1-2H3,(H,21,23);2*1H. The molecule has 2 aliphatic heterocycles. The smallest absolute Gasteiger partial charge is 0.220 e. The Hall–Kier alpha value is -1.37. The number of carbonyl (C=O) groups excluding carboxylic acids is 1. The topological polar surface area (TPSA) is 62.8 Å². The number of benzene rings is 1. The highest BCUT2D eigenvalue weighted by Crippen LogP contribution is 2.30. The zero-order valence-electron chi connectivity index (χ0n) is 16.0. The molecule has 0 radical (unpaired) electrons. The van der Waals surface area contributed by atoms with Crippen molar-refractivity contribution in [1.29, 1.82) is 0 Å². The van der Waals surface area contributed by atoms with Gasteiger partial charge in [0.2, 0.25) is 5.91 Å². The summed E-state index contributed by atoms with van der Waals surface area (Å²) in [5.41, 5.74) is 1.07. The summed E-state index contributed by atoms with van der Waals surface area (Å²) in [6.45, 7) is 3.90. The number of ether oxygens (including phenoxy) is 2. The first-order valence-electron chi connectivity index (χ1n) is 9.16. The van der Waals surface area contributed by atoms with Crippen molar-refractivity contribution in [2.75, 3.05) is 45.3 Å². The minimum absolute atomic E-state index is 0. The number of carbonyl (C=O) groups is 1. The molecule has 2 atom stereocenters. The van der Waals surface area contributed by atoms with E-state index in [2.05, 4.69) is 15.5 Å². The molecule has 0 saturated carbocycles. The lowest BCUT2D eigenvalue weighted by Crippen LogP contribution is -2.37. The lowest BCUT2D eigenvalue weighted by atomic mass is 10.0. The normalized spacial score (nSPS) is 21.2. The van der Waals surface area contributed by atoms with Crippen molar-refractivity contribution in [2.45, 2.75) is 31.7 Å². The predicted octanol–water partition coefficient (Wildman–Crippen LogP) is 2.63. The fourth-order valence-electron chi connectivity index (χ4n) is 3.68. The summed E-state index contributed by atoms with van der Waals surface area (Å²) in [4.78, 5) is 14.5. The molecule has 6 nitrogen and oxygen atoms in total. The van der Waals surface area contributed by atoms with Crippen LogP contribution in [0.5, 0.6) is 11.5 Å². The maximum atomic E-state index is 12.2. The zero-order chi connectivity index (χ0) is 17.6. The van der Waals surface area contributed by atoms with Gasteiger partial charge in [-0.05, 0) is 38.3 Å². The zero-order valence-corrected chi connectivity index (χ0v) is 17.7. The van der Waals surface area contributed by atoms with E-state index in [0.717, 1.165) is 56.2 Å². The van der Waals surface area contributed by atoms with Gasteiger partial charge in [-0.2, -0.15) is 0 Å². The second kappa shape index (κ2) is 11.5. The van der Waals surface area contributed by atoms with E-state index < -0.39 is 0 Å². The van der Waals surface area contributed by atoms with E-state index in [1.165, 1.54) is 6.42 Å². The third kappa shape index (κ3) is 6.63. The molecule has 2 fully saturated rings. The Kier molecular flexibility index (Phi) is 10.1. The lowest BCUT2D eigenvalue weighted by Gasteiger charge is -2.20. The van der Waals surface area contributed by atoms with E-state index >= 15 is 0 Å². The van der Waals surface area contributed by atoms with Crippen LogP contribution in [0.2, 0.25) is 0 Å². The maximum Gasteiger partial charge on any atom is 0.220 e. The molecule has 0 aromatic heterocycles. The third-order valence-electron chi connectivity index (χ3n) is 5.20. The molecule has 3 rings (SSSR count). The third-order valence-corrected chi connectivity index (χ3v) is 5.20. The molecular weight excluding hydrogens is 389 g/mol. The van der Waals surface area contributed by atoms with Crippen molar-refractivity contribution in [3.05, 3.63) is 18.2 Å². The van der Waals surface area contributed by atoms with Gasteiger partial charge in [-0.3, -0.25) is 4.79 Å². The van der Waals surface area contributed by atoms with Crippen molar-refractivity contribution in [3.63, 3.8) is 0 Å². The van der Waals surface area contributed by atoms with Crippen LogP contribution in [-0.2, 0) is 4.79 Å². The number of nitrogens with zero attached hydrogens (tertiary/aromatic N) is 1. The summed E-state index contributed by atoms with van der Waals surface area (Å²) in [6.07, 6.45) is 3.79. The van der Waals surface area contributed by atoms with E-state index in [1.54, 1.807) is 14.2 Å². The molecular formula is C19H31Cl2N3O3. The van der Waals surface area contributed by atoms with Gasteiger partial charge in [-0.1, -0.05) is 0 Å². The second-order valence-corrected chi connectivity index (χ2v) is 6.97. The molecule has 0 aliphatic carbocycles. The Labute approximate surface area is 174 Å². The molecule has 1 amide bonds. The number of rotatable bonds is 7. The van der Waals surface area contributed by atoms with Crippen molar-refractivity contribution < 1.29 is 14.3 Å². The van der Waals surface area contributed by atoms with Gasteiger partial charge in [-0.15, -0.1) is 24.8 Å². The molecule has 2 saturated heterocycles. The highest BCUT2D eigenvalue weighted by molar-refractivity contribution is 5.85. The molecule has 2 unspecified atom stereocenters. The molecule has 2 heterocycles. The molecule has 1 aromatic rings. The van der Waals surface area contributed by atoms with Crippen LogP contribution in [0.15, 0.2) is 18.2 Å². The quantitative estimate of drug-likeness (QED) is 0.710. The number of anilines is 1. The van der Waals surface area contributed by atoms with Crippen LogP contribution < -0.4 is 25.0 Å². The number of amides is 1.